The Hall–Kier alpha value is -1.54. The first-order chi connectivity index (χ1) is 26.6. The van der Waals surface area contributed by atoms with Gasteiger partial charge >= 0.3 is 5.97 Å². The van der Waals surface area contributed by atoms with Crippen LogP contribution in [0.25, 0.3) is 0 Å². The minimum Gasteiger partial charge on any atom is -0.756 e. The van der Waals surface area contributed by atoms with Crippen LogP contribution in [0.5, 0.6) is 0 Å². The fourth-order valence-corrected chi connectivity index (χ4v) is 6.68. The van der Waals surface area contributed by atoms with Crippen molar-refractivity contribution in [1.82, 2.24) is 0 Å². The van der Waals surface area contributed by atoms with Crippen molar-refractivity contribution in [1.29, 1.82) is 0 Å². The summed E-state index contributed by atoms with van der Waals surface area (Å²) in [5.74, 6) is -0.342. The number of phosphoric ester groups is 1. The smallest absolute Gasteiger partial charge is 0.306 e. The van der Waals surface area contributed by atoms with Gasteiger partial charge in [-0.15, -0.1) is 0 Å². The number of carbonyl (C=O) groups is 1. The lowest BCUT2D eigenvalue weighted by Crippen LogP contribution is -2.37. The van der Waals surface area contributed by atoms with Gasteiger partial charge in [0.25, 0.3) is 7.82 Å². The molecule has 0 saturated heterocycles. The van der Waals surface area contributed by atoms with Crippen molar-refractivity contribution in [2.24, 2.45) is 0 Å². The maximum absolute atomic E-state index is 12.5. The van der Waals surface area contributed by atoms with Crippen LogP contribution in [0.15, 0.2) is 48.6 Å². The molecule has 0 heterocycles. The molecule has 55 heavy (non-hydrogen) atoms. The third kappa shape index (κ3) is 43.4. The minimum atomic E-state index is -4.51. The number of esters is 1. The van der Waals surface area contributed by atoms with Crippen LogP contribution >= 0.6 is 7.82 Å². The minimum absolute atomic E-state index is 0.0259. The zero-order valence-corrected chi connectivity index (χ0v) is 37.3. The van der Waals surface area contributed by atoms with Crippen LogP contribution in [0.1, 0.15) is 181 Å². The van der Waals surface area contributed by atoms with Gasteiger partial charge in [0.05, 0.1) is 34.4 Å². The first-order valence-corrected chi connectivity index (χ1v) is 23.8. The molecule has 0 fully saturated rings. The van der Waals surface area contributed by atoms with Gasteiger partial charge in [-0.1, -0.05) is 172 Å². The largest absolute Gasteiger partial charge is 0.756 e. The molecule has 0 amide bonds. The molecule has 0 bridgehead atoms. The molecule has 0 spiro atoms. The number of hydrogen-bond acceptors (Lipinski definition) is 7. The molecule has 0 radical (unpaired) electrons. The molecule has 9 heteroatoms. The maximum Gasteiger partial charge on any atom is 0.306 e. The highest BCUT2D eigenvalue weighted by Gasteiger charge is 2.20. The van der Waals surface area contributed by atoms with E-state index in [1.54, 1.807) is 0 Å². The van der Waals surface area contributed by atoms with E-state index >= 15 is 0 Å². The Balaban J connectivity index is 3.97. The van der Waals surface area contributed by atoms with Gasteiger partial charge in [0.1, 0.15) is 19.3 Å². The van der Waals surface area contributed by atoms with Crippen molar-refractivity contribution in [2.75, 3.05) is 54.1 Å². The summed E-state index contributed by atoms with van der Waals surface area (Å²) >= 11 is 0. The Bertz CT molecular complexity index is 1020. The summed E-state index contributed by atoms with van der Waals surface area (Å²) in [5.41, 5.74) is 0. The molecule has 322 valence electrons. The summed E-state index contributed by atoms with van der Waals surface area (Å²) in [4.78, 5) is 24.9. The van der Waals surface area contributed by atoms with Gasteiger partial charge in [0.2, 0.25) is 0 Å². The second-order valence-electron chi connectivity index (χ2n) is 16.0. The Morgan fingerprint density at radius 2 is 1.05 bits per heavy atom. The highest BCUT2D eigenvalue weighted by molar-refractivity contribution is 7.45. The summed E-state index contributed by atoms with van der Waals surface area (Å²) < 4.78 is 34.4. The molecule has 0 aromatic carbocycles. The molecule has 2 atom stereocenters. The quantitative estimate of drug-likeness (QED) is 0.0200. The van der Waals surface area contributed by atoms with Crippen LogP contribution in [0.2, 0.25) is 0 Å². The number of nitrogens with zero attached hydrogens (tertiary/aromatic N) is 1. The van der Waals surface area contributed by atoms with Crippen LogP contribution in [-0.4, -0.2) is 70.7 Å². The molecule has 2 unspecified atom stereocenters. The highest BCUT2D eigenvalue weighted by Crippen LogP contribution is 2.38. The third-order valence-electron chi connectivity index (χ3n) is 9.39. The zero-order valence-electron chi connectivity index (χ0n) is 36.4. The SMILES string of the molecule is CC/C=C\C/C=C\C/C=C\C/C=C\CCCCCCCCCCCCCCCOCC(COP(=O)([O-])OCC[N+](C)(C)C)OC(=O)CCCCCCCCC. The Kier molecular flexibility index (Phi) is 38.2. The van der Waals surface area contributed by atoms with Crippen molar-refractivity contribution in [3.05, 3.63) is 48.6 Å². The van der Waals surface area contributed by atoms with Gasteiger partial charge in [0, 0.05) is 13.0 Å². The highest BCUT2D eigenvalue weighted by atomic mass is 31.2. The van der Waals surface area contributed by atoms with Crippen molar-refractivity contribution in [3.8, 4) is 0 Å². The molecule has 0 aliphatic carbocycles. The number of rotatable bonds is 41. The van der Waals surface area contributed by atoms with Crippen molar-refractivity contribution in [2.45, 2.75) is 187 Å². The number of carbonyl (C=O) groups excluding carboxylic acids is 1. The normalized spacial score (nSPS) is 14.2. The standard InChI is InChI=1S/C46H86NO7P/c1-6-8-10-12-14-15-16-17-18-19-20-21-22-23-24-25-26-27-28-29-30-31-32-34-36-38-41-51-43-45(44-53-55(49,50)52-42-40-47(3,4)5)54-46(48)39-37-35-33-13-11-9-7-2/h8,10,14-15,17-18,20-21,45H,6-7,9,11-13,16,19,22-44H2,1-5H3/b10-8-,15-14-,18-17-,21-20-. The van der Waals surface area contributed by atoms with E-state index in [9.17, 15) is 14.3 Å². The van der Waals surface area contributed by atoms with Crippen LogP contribution in [-0.2, 0) is 27.9 Å². The molecule has 8 nitrogen and oxygen atoms in total. The topological polar surface area (TPSA) is 94.1 Å². The van der Waals surface area contributed by atoms with E-state index in [0.29, 0.717) is 24.1 Å². The van der Waals surface area contributed by atoms with Gasteiger partial charge in [0.15, 0.2) is 0 Å². The van der Waals surface area contributed by atoms with Crippen molar-refractivity contribution < 1.29 is 37.3 Å². The summed E-state index contributed by atoms with van der Waals surface area (Å²) in [7, 11) is 1.35. The monoisotopic (exact) mass is 796 g/mol. The lowest BCUT2D eigenvalue weighted by atomic mass is 10.0. The summed E-state index contributed by atoms with van der Waals surface area (Å²) in [6.07, 6.45) is 47.3. The van der Waals surface area contributed by atoms with Gasteiger partial charge in [-0.2, -0.15) is 0 Å². The first-order valence-electron chi connectivity index (χ1n) is 22.4. The number of phosphoric acid groups is 1. The molecule has 0 saturated carbocycles. The Labute approximate surface area is 339 Å². The average molecular weight is 796 g/mol. The lowest BCUT2D eigenvalue weighted by molar-refractivity contribution is -0.870. The fraction of sp³-hybridized carbons (Fsp3) is 0.804. The van der Waals surface area contributed by atoms with Gasteiger partial charge in [-0.3, -0.25) is 9.36 Å². The third-order valence-corrected chi connectivity index (χ3v) is 10.4. The summed E-state index contributed by atoms with van der Waals surface area (Å²) in [5, 5.41) is 0. The van der Waals surface area contributed by atoms with E-state index in [2.05, 4.69) is 62.5 Å². The van der Waals surface area contributed by atoms with Crippen molar-refractivity contribution in [3.63, 3.8) is 0 Å². The molecular formula is C46H86NO7P. The lowest BCUT2D eigenvalue weighted by Gasteiger charge is -2.28. The molecule has 0 aliphatic heterocycles. The fourth-order valence-electron chi connectivity index (χ4n) is 5.95. The molecule has 0 aromatic heterocycles. The van der Waals surface area contributed by atoms with E-state index in [-0.39, 0.29) is 25.8 Å². The summed E-state index contributed by atoms with van der Waals surface area (Å²) in [6.45, 7) is 5.25. The maximum atomic E-state index is 12.5. The van der Waals surface area contributed by atoms with Gasteiger partial charge in [-0.25, -0.2) is 0 Å². The van der Waals surface area contributed by atoms with Crippen LogP contribution in [0.3, 0.4) is 0 Å². The van der Waals surface area contributed by atoms with Crippen LogP contribution < -0.4 is 4.89 Å². The van der Waals surface area contributed by atoms with Gasteiger partial charge < -0.3 is 27.9 Å². The number of unbranched alkanes of at least 4 members (excludes halogenated alkanes) is 19. The van der Waals surface area contributed by atoms with Crippen LogP contribution in [0.4, 0.5) is 0 Å². The molecule has 0 aliphatic rings. The second-order valence-corrected chi connectivity index (χ2v) is 17.4. The van der Waals surface area contributed by atoms with E-state index in [4.69, 9.17) is 18.5 Å². The predicted octanol–water partition coefficient (Wildman–Crippen LogP) is 12.5. The Morgan fingerprint density at radius 1 is 0.582 bits per heavy atom. The number of ether oxygens (including phenoxy) is 2. The molecular weight excluding hydrogens is 709 g/mol. The van der Waals surface area contributed by atoms with E-state index in [1.165, 1.54) is 103 Å². The first kappa shape index (κ1) is 53.5. The van der Waals surface area contributed by atoms with Crippen molar-refractivity contribution >= 4 is 13.8 Å². The molecule has 0 N–H and O–H groups in total. The zero-order chi connectivity index (χ0) is 40.6. The second kappa shape index (κ2) is 39.3. The molecule has 0 rings (SSSR count). The average Bonchev–Trinajstić information content (AvgIpc) is 3.13. The van der Waals surface area contributed by atoms with Gasteiger partial charge in [-0.05, 0) is 51.4 Å². The number of likely N-dealkylation sites (N-methyl/N-ethyl adjacent to an activating group) is 1. The number of quaternary nitrogens is 1. The molecule has 0 aromatic rings. The van der Waals surface area contributed by atoms with Crippen LogP contribution in [0, 0.1) is 0 Å². The summed E-state index contributed by atoms with van der Waals surface area (Å²) in [6, 6.07) is 0. The number of hydrogen-bond donors (Lipinski definition) is 0. The Morgan fingerprint density at radius 3 is 1.58 bits per heavy atom. The van der Waals surface area contributed by atoms with E-state index in [1.807, 2.05) is 21.1 Å². The number of allylic oxidation sites excluding steroid dienone is 8. The van der Waals surface area contributed by atoms with E-state index in [0.717, 1.165) is 57.8 Å². The van der Waals surface area contributed by atoms with E-state index < -0.39 is 13.9 Å². The predicted molar refractivity (Wildman–Crippen MR) is 231 cm³/mol.